The Bertz CT molecular complexity index is 1060. The van der Waals surface area contributed by atoms with Gasteiger partial charge in [0.1, 0.15) is 11.6 Å². The first kappa shape index (κ1) is 18.3. The van der Waals surface area contributed by atoms with Gasteiger partial charge >= 0.3 is 0 Å². The lowest BCUT2D eigenvalue weighted by molar-refractivity contribution is 0.415. The van der Waals surface area contributed by atoms with E-state index in [1.165, 1.54) is 10.2 Å². The second-order valence-electron chi connectivity index (χ2n) is 7.36. The van der Waals surface area contributed by atoms with E-state index in [1.54, 1.807) is 26.4 Å². The molecule has 0 saturated carbocycles. The molecule has 0 bridgehead atoms. The molecule has 0 aliphatic carbocycles. The van der Waals surface area contributed by atoms with Crippen LogP contribution in [0, 0.1) is 12.8 Å². The number of hydrogen-bond donors (Lipinski definition) is 1. The summed E-state index contributed by atoms with van der Waals surface area (Å²) in [4.78, 5) is 18.8. The van der Waals surface area contributed by atoms with Crippen LogP contribution in [0.2, 0.25) is 0 Å². The summed E-state index contributed by atoms with van der Waals surface area (Å²) in [6, 6.07) is 9.72. The van der Waals surface area contributed by atoms with Crippen LogP contribution >= 0.6 is 0 Å². The van der Waals surface area contributed by atoms with E-state index in [0.717, 1.165) is 54.2 Å². The van der Waals surface area contributed by atoms with Gasteiger partial charge in [-0.25, -0.2) is 9.67 Å². The number of hydrogen-bond acceptors (Lipinski definition) is 6. The SMILES string of the molecule is COc1ccc2c(C)cc(NC[C@H]3CCN(c4cnn(C)c(=O)c4)C3)nc2c1. The van der Waals surface area contributed by atoms with Crippen molar-refractivity contribution in [2.45, 2.75) is 13.3 Å². The van der Waals surface area contributed by atoms with Gasteiger partial charge in [-0.3, -0.25) is 4.79 Å². The molecule has 0 spiro atoms. The Labute approximate surface area is 164 Å². The summed E-state index contributed by atoms with van der Waals surface area (Å²) >= 11 is 0. The monoisotopic (exact) mass is 379 g/mol. The first-order valence-corrected chi connectivity index (χ1v) is 9.51. The van der Waals surface area contributed by atoms with Gasteiger partial charge in [0, 0.05) is 44.2 Å². The van der Waals surface area contributed by atoms with E-state index in [2.05, 4.69) is 28.3 Å². The highest BCUT2D eigenvalue weighted by atomic mass is 16.5. The molecule has 3 heterocycles. The normalized spacial score (nSPS) is 16.5. The van der Waals surface area contributed by atoms with Crippen LogP contribution in [0.3, 0.4) is 0 Å². The molecule has 1 aliphatic rings. The number of fused-ring (bicyclic) bond motifs is 1. The first-order chi connectivity index (χ1) is 13.5. The minimum Gasteiger partial charge on any atom is -0.497 e. The summed E-state index contributed by atoms with van der Waals surface area (Å²) in [6.45, 7) is 4.78. The molecule has 0 unspecified atom stereocenters. The van der Waals surface area contributed by atoms with Crippen LogP contribution in [-0.2, 0) is 7.05 Å². The van der Waals surface area contributed by atoms with Gasteiger partial charge in [-0.2, -0.15) is 5.10 Å². The van der Waals surface area contributed by atoms with Crippen LogP contribution in [0.1, 0.15) is 12.0 Å². The largest absolute Gasteiger partial charge is 0.497 e. The van der Waals surface area contributed by atoms with Crippen molar-refractivity contribution in [3.8, 4) is 5.75 Å². The Balaban J connectivity index is 1.43. The van der Waals surface area contributed by atoms with E-state index in [-0.39, 0.29) is 5.56 Å². The maximum Gasteiger partial charge on any atom is 0.268 e. The van der Waals surface area contributed by atoms with Crippen molar-refractivity contribution in [1.29, 1.82) is 0 Å². The molecule has 3 aromatic rings. The number of ether oxygens (including phenoxy) is 1. The van der Waals surface area contributed by atoms with Crippen LogP contribution < -0.4 is 20.5 Å². The third kappa shape index (κ3) is 3.65. The molecule has 1 fully saturated rings. The van der Waals surface area contributed by atoms with E-state index in [4.69, 9.17) is 9.72 Å². The van der Waals surface area contributed by atoms with E-state index in [0.29, 0.717) is 5.92 Å². The molecule has 7 heteroatoms. The lowest BCUT2D eigenvalue weighted by Crippen LogP contribution is -2.26. The van der Waals surface area contributed by atoms with Crippen molar-refractivity contribution in [3.63, 3.8) is 0 Å². The summed E-state index contributed by atoms with van der Waals surface area (Å²) in [5.74, 6) is 2.18. The van der Waals surface area contributed by atoms with Crippen molar-refractivity contribution < 1.29 is 4.74 Å². The highest BCUT2D eigenvalue weighted by molar-refractivity contribution is 5.85. The van der Waals surface area contributed by atoms with Crippen LogP contribution in [0.15, 0.2) is 41.3 Å². The number of benzene rings is 1. The third-order valence-electron chi connectivity index (χ3n) is 5.40. The number of pyridine rings is 1. The van der Waals surface area contributed by atoms with Crippen LogP contribution in [0.25, 0.3) is 10.9 Å². The quantitative estimate of drug-likeness (QED) is 0.735. The highest BCUT2D eigenvalue weighted by Gasteiger charge is 2.23. The molecule has 1 saturated heterocycles. The topological polar surface area (TPSA) is 72.3 Å². The Morgan fingerprint density at radius 1 is 1.29 bits per heavy atom. The molecular weight excluding hydrogens is 354 g/mol. The predicted molar refractivity (Wildman–Crippen MR) is 111 cm³/mol. The molecule has 0 amide bonds. The van der Waals surface area contributed by atoms with Gasteiger partial charge < -0.3 is 15.0 Å². The van der Waals surface area contributed by atoms with E-state index in [1.807, 2.05) is 18.2 Å². The number of nitrogens with one attached hydrogen (secondary N) is 1. The fourth-order valence-electron chi connectivity index (χ4n) is 3.72. The smallest absolute Gasteiger partial charge is 0.268 e. The molecule has 1 aliphatic heterocycles. The van der Waals surface area contributed by atoms with Crippen molar-refractivity contribution in [3.05, 3.63) is 52.4 Å². The molecule has 28 heavy (non-hydrogen) atoms. The van der Waals surface area contributed by atoms with E-state index in [9.17, 15) is 4.79 Å². The van der Waals surface area contributed by atoms with E-state index >= 15 is 0 Å². The zero-order valence-electron chi connectivity index (χ0n) is 16.5. The number of nitrogens with zero attached hydrogens (tertiary/aromatic N) is 4. The lowest BCUT2D eigenvalue weighted by atomic mass is 10.1. The van der Waals surface area contributed by atoms with Gasteiger partial charge in [0.2, 0.25) is 0 Å². The number of rotatable bonds is 5. The van der Waals surface area contributed by atoms with Gasteiger partial charge in [0.05, 0.1) is 24.5 Å². The highest BCUT2D eigenvalue weighted by Crippen LogP contribution is 2.26. The second kappa shape index (κ2) is 7.50. The fourth-order valence-corrected chi connectivity index (χ4v) is 3.72. The molecule has 2 aromatic heterocycles. The summed E-state index contributed by atoms with van der Waals surface area (Å²) in [6.07, 6.45) is 2.83. The number of methoxy groups -OCH3 is 1. The standard InChI is InChI=1S/C21H25N5O2/c1-14-8-20(24-19-10-17(28-3)4-5-18(14)19)22-11-15-6-7-26(13-15)16-9-21(27)25(2)23-12-16/h4-5,8-10,12,15H,6-7,11,13H2,1-3H3,(H,22,24)/t15-/m1/s1. The summed E-state index contributed by atoms with van der Waals surface area (Å²) < 4.78 is 6.67. The summed E-state index contributed by atoms with van der Waals surface area (Å²) in [5.41, 5.74) is 2.94. The maximum absolute atomic E-state index is 11.8. The molecule has 0 radical (unpaired) electrons. The minimum atomic E-state index is -0.0784. The zero-order chi connectivity index (χ0) is 19.7. The van der Waals surface area contributed by atoms with Gasteiger partial charge in [-0.1, -0.05) is 0 Å². The van der Waals surface area contributed by atoms with Gasteiger partial charge in [0.25, 0.3) is 5.56 Å². The molecule has 1 aromatic carbocycles. The molecule has 7 nitrogen and oxygen atoms in total. The maximum atomic E-state index is 11.8. The van der Waals surface area contributed by atoms with Crippen molar-refractivity contribution >= 4 is 22.4 Å². The van der Waals surface area contributed by atoms with E-state index < -0.39 is 0 Å². The first-order valence-electron chi connectivity index (χ1n) is 9.51. The molecule has 1 N–H and O–H groups in total. The van der Waals surface area contributed by atoms with Crippen LogP contribution in [0.5, 0.6) is 5.75 Å². The number of anilines is 2. The predicted octanol–water partition coefficient (Wildman–Crippen LogP) is 2.58. The second-order valence-corrected chi connectivity index (χ2v) is 7.36. The van der Waals surface area contributed by atoms with Crippen molar-refractivity contribution in [1.82, 2.24) is 14.8 Å². The average Bonchev–Trinajstić information content (AvgIpc) is 3.17. The Kier molecular flexibility index (Phi) is 4.90. The Morgan fingerprint density at radius 2 is 2.14 bits per heavy atom. The molecule has 146 valence electrons. The Morgan fingerprint density at radius 3 is 2.93 bits per heavy atom. The summed E-state index contributed by atoms with van der Waals surface area (Å²) in [5, 5.41) is 8.75. The Hall–Kier alpha value is -3.09. The number of aromatic nitrogens is 3. The zero-order valence-corrected chi connectivity index (χ0v) is 16.5. The molecule has 1 atom stereocenters. The fraction of sp³-hybridized carbons (Fsp3) is 0.381. The lowest BCUT2D eigenvalue weighted by Gasteiger charge is -2.18. The van der Waals surface area contributed by atoms with Crippen LogP contribution in [0.4, 0.5) is 11.5 Å². The minimum absolute atomic E-state index is 0.0784. The van der Waals surface area contributed by atoms with Crippen molar-refractivity contribution in [2.24, 2.45) is 13.0 Å². The van der Waals surface area contributed by atoms with Gasteiger partial charge in [-0.05, 0) is 43.0 Å². The number of aryl methyl sites for hydroxylation is 2. The average molecular weight is 379 g/mol. The molecule has 4 rings (SSSR count). The van der Waals surface area contributed by atoms with Crippen LogP contribution in [-0.4, -0.2) is 41.5 Å². The van der Waals surface area contributed by atoms with Crippen molar-refractivity contribution in [2.75, 3.05) is 37.0 Å². The van der Waals surface area contributed by atoms with Gasteiger partial charge in [0.15, 0.2) is 0 Å². The summed E-state index contributed by atoms with van der Waals surface area (Å²) in [7, 11) is 3.33. The third-order valence-corrected chi connectivity index (χ3v) is 5.40. The molecular formula is C21H25N5O2. The van der Waals surface area contributed by atoms with Gasteiger partial charge in [-0.15, -0.1) is 0 Å².